The molecule has 4 aromatic rings. The maximum absolute atomic E-state index is 15.2. The molecule has 5 heterocycles. The Morgan fingerprint density at radius 1 is 1.26 bits per heavy atom. The molecule has 17 nitrogen and oxygen atoms in total. The normalized spacial score (nSPS) is 23.9. The first-order chi connectivity index (χ1) is 18.6. The number of imidazole rings is 2. The minimum Gasteiger partial charge on any atom is -0.394 e. The number of nitrogens with one attached hydrogen (secondary N) is 2. The topological polar surface area (TPSA) is 231 Å². The molecule has 0 spiro atoms. The van der Waals surface area contributed by atoms with Crippen LogP contribution in [0.3, 0.4) is 0 Å². The zero-order chi connectivity index (χ0) is 27.9. The molecule has 0 saturated carbocycles. The lowest BCUT2D eigenvalue weighted by molar-refractivity contribution is -0.0480. The third-order valence-corrected chi connectivity index (χ3v) is 7.58. The Balaban J connectivity index is 1.32. The summed E-state index contributed by atoms with van der Waals surface area (Å²) in [6, 6.07) is 0. The number of aromatic amines is 2. The number of nitrogen functional groups attached to an aromatic ring is 1. The number of nitrogens with two attached hydrogens (primary N) is 1. The number of rotatable bonds is 10. The van der Waals surface area contributed by atoms with E-state index < -0.39 is 55.3 Å². The van der Waals surface area contributed by atoms with Gasteiger partial charge in [-0.1, -0.05) is 0 Å². The van der Waals surface area contributed by atoms with Gasteiger partial charge in [-0.05, 0) is 11.8 Å². The van der Waals surface area contributed by atoms with E-state index in [0.29, 0.717) is 0 Å². The van der Waals surface area contributed by atoms with Gasteiger partial charge in [-0.25, -0.2) is 19.3 Å². The highest BCUT2D eigenvalue weighted by molar-refractivity contribution is 8.07. The highest BCUT2D eigenvalue weighted by Gasteiger charge is 2.49. The monoisotopic (exact) mass is 587 g/mol. The number of H-pyrrole nitrogens is 2. The lowest BCUT2D eigenvalue weighted by Gasteiger charge is -2.26. The van der Waals surface area contributed by atoms with Crippen LogP contribution in [0.25, 0.3) is 22.3 Å². The first kappa shape index (κ1) is 27.4. The molecule has 20 heteroatoms. The van der Waals surface area contributed by atoms with Crippen molar-refractivity contribution >= 4 is 46.8 Å². The van der Waals surface area contributed by atoms with Crippen molar-refractivity contribution in [3.05, 3.63) is 39.7 Å². The predicted octanol–water partition coefficient (Wildman–Crippen LogP) is -0.783. The molecule has 1 unspecified atom stereocenters. The van der Waals surface area contributed by atoms with Crippen LogP contribution < -0.4 is 16.9 Å². The fourth-order valence-electron chi connectivity index (χ4n) is 4.20. The van der Waals surface area contributed by atoms with Crippen molar-refractivity contribution in [2.45, 2.75) is 37.3 Å². The molecule has 0 amide bonds. The summed E-state index contributed by atoms with van der Waals surface area (Å²) in [7, 11) is 1.42. The Hall–Kier alpha value is -3.16. The number of fused-ring (bicyclic) bond motifs is 2. The summed E-state index contributed by atoms with van der Waals surface area (Å²) in [5.41, 5.74) is 4.83. The van der Waals surface area contributed by atoms with Crippen LogP contribution in [0.5, 0.6) is 0 Å². The summed E-state index contributed by atoms with van der Waals surface area (Å²) in [6.45, 7) is -5.01. The average Bonchev–Trinajstić information content (AvgIpc) is 3.59. The van der Waals surface area contributed by atoms with Crippen molar-refractivity contribution < 1.29 is 32.9 Å². The number of anilines is 1. The van der Waals surface area contributed by atoms with Crippen LogP contribution in [-0.4, -0.2) is 87.7 Å². The van der Waals surface area contributed by atoms with Gasteiger partial charge in [0.25, 0.3) is 11.1 Å². The van der Waals surface area contributed by atoms with Gasteiger partial charge in [0.15, 0.2) is 34.7 Å². The minimum atomic E-state index is -4.10. The van der Waals surface area contributed by atoms with Crippen molar-refractivity contribution in [2.24, 2.45) is 0 Å². The number of aliphatic hydroxyl groups is 1. The maximum atomic E-state index is 15.2. The fraction of sp³-hybridized carbons (Fsp3) is 0.474. The quantitative estimate of drug-likeness (QED) is 0.143. The SMILES string of the molecule is CO[C@@H](CCOP(O)(=S)O[C@@H]1[C@H](F)[C@@H](CO)O[C@H]1n1cnc2c(=O)[nH]c(N)nc21)n1cnc2c(=O)[nH]cnc21. The van der Waals surface area contributed by atoms with E-state index in [0.717, 1.165) is 0 Å². The van der Waals surface area contributed by atoms with E-state index in [-0.39, 0.29) is 41.3 Å². The smallest absolute Gasteiger partial charge is 0.325 e. The van der Waals surface area contributed by atoms with Crippen molar-refractivity contribution in [3.8, 4) is 0 Å². The number of halogens is 1. The van der Waals surface area contributed by atoms with E-state index in [1.54, 1.807) is 0 Å². The maximum Gasteiger partial charge on any atom is 0.325 e. The Morgan fingerprint density at radius 2 is 2.00 bits per heavy atom. The molecular weight excluding hydrogens is 564 g/mol. The molecule has 1 saturated heterocycles. The van der Waals surface area contributed by atoms with Gasteiger partial charge in [-0.15, -0.1) is 0 Å². The van der Waals surface area contributed by atoms with Gasteiger partial charge in [0.2, 0.25) is 5.95 Å². The van der Waals surface area contributed by atoms with Crippen molar-refractivity contribution in [1.82, 2.24) is 39.0 Å². The number of ether oxygens (including phenoxy) is 2. The molecule has 0 aliphatic carbocycles. The fourth-order valence-corrected chi connectivity index (χ4v) is 5.65. The third-order valence-electron chi connectivity index (χ3n) is 5.99. The molecule has 1 aliphatic heterocycles. The number of methoxy groups -OCH3 is 1. The van der Waals surface area contributed by atoms with Gasteiger partial charge in [-0.2, -0.15) is 4.98 Å². The molecule has 210 valence electrons. The summed E-state index contributed by atoms with van der Waals surface area (Å²) in [4.78, 5) is 55.7. The molecule has 0 bridgehead atoms. The second-order valence-electron chi connectivity index (χ2n) is 8.37. The molecule has 1 fully saturated rings. The lowest BCUT2D eigenvalue weighted by atomic mass is 10.1. The second kappa shape index (κ2) is 10.8. The molecular formula is C19H23FN9O8PS. The van der Waals surface area contributed by atoms with E-state index in [2.05, 4.69) is 29.9 Å². The predicted molar refractivity (Wildman–Crippen MR) is 135 cm³/mol. The van der Waals surface area contributed by atoms with Crippen molar-refractivity contribution in [2.75, 3.05) is 26.1 Å². The van der Waals surface area contributed by atoms with Crippen LogP contribution in [0, 0.1) is 0 Å². The van der Waals surface area contributed by atoms with E-state index >= 15 is 4.39 Å². The molecule has 4 aromatic heterocycles. The molecule has 0 aromatic carbocycles. The van der Waals surface area contributed by atoms with Crippen LogP contribution in [0.15, 0.2) is 28.6 Å². The Kier molecular flexibility index (Phi) is 7.57. The summed E-state index contributed by atoms with van der Waals surface area (Å²) in [5, 5.41) is 9.59. The Labute approximate surface area is 222 Å². The van der Waals surface area contributed by atoms with Crippen LogP contribution in [0.4, 0.5) is 10.3 Å². The van der Waals surface area contributed by atoms with E-state index in [1.165, 1.54) is 35.2 Å². The number of aliphatic hydroxyl groups excluding tert-OH is 1. The number of alkyl halides is 1. The molecule has 6 atom stereocenters. The van der Waals surface area contributed by atoms with E-state index in [1.807, 2.05) is 0 Å². The first-order valence-electron chi connectivity index (χ1n) is 11.3. The Morgan fingerprint density at radius 3 is 2.74 bits per heavy atom. The zero-order valence-corrected chi connectivity index (χ0v) is 21.8. The lowest BCUT2D eigenvalue weighted by Crippen LogP contribution is -2.31. The van der Waals surface area contributed by atoms with Gasteiger partial charge >= 0.3 is 6.72 Å². The number of nitrogens with zero attached hydrogens (tertiary/aromatic N) is 6. The van der Waals surface area contributed by atoms with Crippen molar-refractivity contribution in [1.29, 1.82) is 0 Å². The summed E-state index contributed by atoms with van der Waals surface area (Å²) in [6.07, 6.45) is -3.01. The number of hydrogen-bond acceptors (Lipinski definition) is 13. The van der Waals surface area contributed by atoms with Gasteiger partial charge in [0.1, 0.15) is 18.4 Å². The van der Waals surface area contributed by atoms with Gasteiger partial charge in [-0.3, -0.25) is 28.2 Å². The minimum absolute atomic E-state index is 0.0317. The zero-order valence-electron chi connectivity index (χ0n) is 20.1. The average molecular weight is 587 g/mol. The third kappa shape index (κ3) is 5.22. The summed E-state index contributed by atoms with van der Waals surface area (Å²) >= 11 is 5.11. The molecule has 1 aliphatic rings. The highest BCUT2D eigenvalue weighted by Crippen LogP contribution is 2.50. The first-order valence-corrected chi connectivity index (χ1v) is 13.9. The molecule has 39 heavy (non-hydrogen) atoms. The molecule has 6 N–H and O–H groups in total. The van der Waals surface area contributed by atoms with Crippen LogP contribution in [0.2, 0.25) is 0 Å². The van der Waals surface area contributed by atoms with Crippen LogP contribution >= 0.6 is 6.72 Å². The summed E-state index contributed by atoms with van der Waals surface area (Å²) < 4.78 is 39.9. The molecule has 0 radical (unpaired) electrons. The number of hydrogen-bond donors (Lipinski definition) is 5. The second-order valence-corrected chi connectivity index (χ2v) is 11.2. The Bertz CT molecular complexity index is 1660. The van der Waals surface area contributed by atoms with Crippen LogP contribution in [0.1, 0.15) is 18.9 Å². The number of aromatic nitrogens is 8. The van der Waals surface area contributed by atoms with Gasteiger partial charge < -0.3 is 34.7 Å². The van der Waals surface area contributed by atoms with Gasteiger partial charge in [0, 0.05) is 13.5 Å². The van der Waals surface area contributed by atoms with Crippen LogP contribution in [-0.2, 0) is 30.3 Å². The molecule has 5 rings (SSSR count). The van der Waals surface area contributed by atoms with E-state index in [4.69, 9.17) is 36.1 Å². The summed E-state index contributed by atoms with van der Waals surface area (Å²) in [5.74, 6) is -0.214. The van der Waals surface area contributed by atoms with E-state index in [9.17, 15) is 19.6 Å². The standard InChI is InChI=1S/C19H23FN9O8PS/c1-34-9(28-6-24-11-14(28)22-5-23-16(11)31)2-3-35-38(33,39)37-13-10(20)8(4-30)36-18(13)29-7-25-12-15(29)26-19(21)27-17(12)32/h5-10,13,18,30H,2-4H2,1H3,(H,33,39)(H,22,23,31)(H3,21,26,27,32)/t8-,9+,10-,13-,18-,38?/m1/s1. The van der Waals surface area contributed by atoms with Gasteiger partial charge in [0.05, 0.1) is 32.2 Å². The highest BCUT2D eigenvalue weighted by atomic mass is 32.5. The van der Waals surface area contributed by atoms with Crippen molar-refractivity contribution in [3.63, 3.8) is 0 Å². The largest absolute Gasteiger partial charge is 0.394 e.